The molecule has 0 aromatic heterocycles. The molecule has 0 aliphatic rings. The molecule has 0 heterocycles. The number of ether oxygens (including phenoxy) is 1. The summed E-state index contributed by atoms with van der Waals surface area (Å²) in [4.78, 5) is 0. The molecule has 1 N–H and O–H groups in total. The van der Waals surface area contributed by atoms with Crippen LogP contribution in [0.4, 0.5) is 4.39 Å². The van der Waals surface area contributed by atoms with Gasteiger partial charge in [-0.15, -0.1) is 0 Å². The van der Waals surface area contributed by atoms with Crippen LogP contribution in [-0.2, 0) is 0 Å². The third-order valence-corrected chi connectivity index (χ3v) is 3.64. The molecule has 2 rings (SSSR count). The first-order chi connectivity index (χ1) is 9.02. The zero-order valence-corrected chi connectivity index (χ0v) is 12.2. The summed E-state index contributed by atoms with van der Waals surface area (Å²) in [5, 5.41) is 10.3. The predicted octanol–water partition coefficient (Wildman–Crippen LogP) is 3.99. The van der Waals surface area contributed by atoms with Gasteiger partial charge < -0.3 is 9.84 Å². The molecule has 100 valence electrons. The second kappa shape index (κ2) is 5.72. The molecule has 2 nitrogen and oxygen atoms in total. The molecule has 0 aliphatic heterocycles. The average Bonchev–Trinajstić information content (AvgIpc) is 2.41. The molecule has 1 atom stereocenters. The maximum Gasteiger partial charge on any atom is 0.137 e. The molecule has 2 aromatic carbocycles. The summed E-state index contributed by atoms with van der Waals surface area (Å²) in [7, 11) is 1.60. The Bertz CT molecular complexity index is 599. The monoisotopic (exact) mass is 324 g/mol. The van der Waals surface area contributed by atoms with Crippen LogP contribution < -0.4 is 4.74 Å². The number of aliphatic hydroxyl groups is 1. The summed E-state index contributed by atoms with van der Waals surface area (Å²) >= 11 is 3.09. The van der Waals surface area contributed by atoms with Crippen molar-refractivity contribution in [1.29, 1.82) is 0 Å². The molecular weight excluding hydrogens is 311 g/mol. The highest BCUT2D eigenvalue weighted by Gasteiger charge is 2.13. The predicted molar refractivity (Wildman–Crippen MR) is 75.9 cm³/mol. The van der Waals surface area contributed by atoms with E-state index in [1.807, 2.05) is 13.0 Å². The lowest BCUT2D eigenvalue weighted by Gasteiger charge is -2.14. The lowest BCUT2D eigenvalue weighted by molar-refractivity contribution is 0.219. The lowest BCUT2D eigenvalue weighted by Crippen LogP contribution is -2.01. The average molecular weight is 325 g/mol. The van der Waals surface area contributed by atoms with Crippen molar-refractivity contribution in [2.75, 3.05) is 7.11 Å². The Hall–Kier alpha value is -1.39. The first-order valence-electron chi connectivity index (χ1n) is 5.80. The van der Waals surface area contributed by atoms with Gasteiger partial charge >= 0.3 is 0 Å². The van der Waals surface area contributed by atoms with Crippen LogP contribution in [-0.4, -0.2) is 12.2 Å². The van der Waals surface area contributed by atoms with Gasteiger partial charge in [0, 0.05) is 0 Å². The summed E-state index contributed by atoms with van der Waals surface area (Å²) in [6, 6.07) is 10.0. The summed E-state index contributed by atoms with van der Waals surface area (Å²) in [6.45, 7) is 1.90. The van der Waals surface area contributed by atoms with E-state index >= 15 is 0 Å². The Labute approximate surface area is 120 Å². The molecule has 0 aliphatic carbocycles. The standard InChI is InChI=1S/C15H14BrFO2/c1-9-7-10(4-6-14(9)19-2)15(18)11-3-5-12(16)13(17)8-11/h3-8,15,18H,1-2H3. The molecule has 2 aromatic rings. The summed E-state index contributed by atoms with van der Waals surface area (Å²) in [5.41, 5.74) is 2.15. The van der Waals surface area contributed by atoms with Gasteiger partial charge in [0.05, 0.1) is 11.6 Å². The van der Waals surface area contributed by atoms with E-state index in [-0.39, 0.29) is 5.82 Å². The topological polar surface area (TPSA) is 29.5 Å². The number of benzene rings is 2. The summed E-state index contributed by atoms with van der Waals surface area (Å²) in [6.07, 6.45) is -0.854. The molecule has 0 amide bonds. The molecule has 19 heavy (non-hydrogen) atoms. The summed E-state index contributed by atoms with van der Waals surface area (Å²) in [5.74, 6) is 0.375. The van der Waals surface area contributed by atoms with E-state index < -0.39 is 6.10 Å². The van der Waals surface area contributed by atoms with Crippen molar-refractivity contribution in [3.8, 4) is 5.75 Å². The third-order valence-electron chi connectivity index (χ3n) is 2.99. The molecule has 0 spiro atoms. The molecule has 0 fully saturated rings. The number of halogens is 2. The van der Waals surface area contributed by atoms with Crippen molar-refractivity contribution in [2.24, 2.45) is 0 Å². The second-order valence-corrected chi connectivity index (χ2v) is 5.16. The first kappa shape index (κ1) is 14.0. The van der Waals surface area contributed by atoms with Crippen LogP contribution in [0.3, 0.4) is 0 Å². The van der Waals surface area contributed by atoms with Gasteiger partial charge in [-0.25, -0.2) is 4.39 Å². The van der Waals surface area contributed by atoms with Crippen LogP contribution in [0.1, 0.15) is 22.8 Å². The van der Waals surface area contributed by atoms with E-state index in [1.165, 1.54) is 6.07 Å². The van der Waals surface area contributed by atoms with Crippen molar-refractivity contribution in [3.63, 3.8) is 0 Å². The second-order valence-electron chi connectivity index (χ2n) is 4.31. The van der Waals surface area contributed by atoms with Gasteiger partial charge in [0.25, 0.3) is 0 Å². The molecule has 0 bridgehead atoms. The maximum atomic E-state index is 13.5. The molecule has 1 unspecified atom stereocenters. The molecule has 0 saturated heterocycles. The molecular formula is C15H14BrFO2. The van der Waals surface area contributed by atoms with Crippen molar-refractivity contribution < 1.29 is 14.2 Å². The fraction of sp³-hybridized carbons (Fsp3) is 0.200. The minimum Gasteiger partial charge on any atom is -0.496 e. The highest BCUT2D eigenvalue weighted by atomic mass is 79.9. The quantitative estimate of drug-likeness (QED) is 0.925. The van der Waals surface area contributed by atoms with Gasteiger partial charge in [-0.1, -0.05) is 12.1 Å². The van der Waals surface area contributed by atoms with E-state index in [2.05, 4.69) is 15.9 Å². The van der Waals surface area contributed by atoms with Gasteiger partial charge in [0.1, 0.15) is 17.7 Å². The van der Waals surface area contributed by atoms with Gasteiger partial charge in [0.15, 0.2) is 0 Å². The summed E-state index contributed by atoms with van der Waals surface area (Å²) < 4.78 is 19.0. The Balaban J connectivity index is 2.35. The van der Waals surface area contributed by atoms with E-state index in [0.29, 0.717) is 15.6 Å². The Morgan fingerprint density at radius 2 is 1.79 bits per heavy atom. The minimum atomic E-state index is -0.854. The van der Waals surface area contributed by atoms with Crippen LogP contribution in [0.15, 0.2) is 40.9 Å². The number of rotatable bonds is 3. The Morgan fingerprint density at radius 1 is 1.16 bits per heavy atom. The van der Waals surface area contributed by atoms with Crippen LogP contribution >= 0.6 is 15.9 Å². The first-order valence-corrected chi connectivity index (χ1v) is 6.59. The molecule has 0 saturated carbocycles. The zero-order valence-electron chi connectivity index (χ0n) is 10.7. The lowest BCUT2D eigenvalue weighted by atomic mass is 9.99. The van der Waals surface area contributed by atoms with Gasteiger partial charge in [-0.05, 0) is 63.8 Å². The van der Waals surface area contributed by atoms with E-state index in [9.17, 15) is 9.50 Å². The van der Waals surface area contributed by atoms with Crippen LogP contribution in [0, 0.1) is 12.7 Å². The number of aryl methyl sites for hydroxylation is 1. The number of aliphatic hydroxyl groups excluding tert-OH is 1. The highest BCUT2D eigenvalue weighted by molar-refractivity contribution is 9.10. The van der Waals surface area contributed by atoms with E-state index in [0.717, 1.165) is 11.3 Å². The van der Waals surface area contributed by atoms with Crippen molar-refractivity contribution in [1.82, 2.24) is 0 Å². The zero-order chi connectivity index (χ0) is 14.0. The van der Waals surface area contributed by atoms with Gasteiger partial charge in [-0.3, -0.25) is 0 Å². The third kappa shape index (κ3) is 2.96. The Kier molecular flexibility index (Phi) is 4.22. The van der Waals surface area contributed by atoms with E-state index in [1.54, 1.807) is 31.4 Å². The number of hydrogen-bond acceptors (Lipinski definition) is 2. The van der Waals surface area contributed by atoms with Crippen molar-refractivity contribution >= 4 is 15.9 Å². The minimum absolute atomic E-state index is 0.384. The van der Waals surface area contributed by atoms with Crippen molar-refractivity contribution in [3.05, 3.63) is 63.4 Å². The number of methoxy groups -OCH3 is 1. The van der Waals surface area contributed by atoms with Gasteiger partial charge in [0.2, 0.25) is 0 Å². The maximum absolute atomic E-state index is 13.5. The van der Waals surface area contributed by atoms with Crippen LogP contribution in [0.2, 0.25) is 0 Å². The van der Waals surface area contributed by atoms with E-state index in [4.69, 9.17) is 4.74 Å². The van der Waals surface area contributed by atoms with Gasteiger partial charge in [-0.2, -0.15) is 0 Å². The fourth-order valence-electron chi connectivity index (χ4n) is 1.95. The van der Waals surface area contributed by atoms with Crippen LogP contribution in [0.25, 0.3) is 0 Å². The SMILES string of the molecule is COc1ccc(C(O)c2ccc(Br)c(F)c2)cc1C. The van der Waals surface area contributed by atoms with Crippen molar-refractivity contribution in [2.45, 2.75) is 13.0 Å². The van der Waals surface area contributed by atoms with Crippen LogP contribution in [0.5, 0.6) is 5.75 Å². The molecule has 0 radical (unpaired) electrons. The fourth-order valence-corrected chi connectivity index (χ4v) is 2.19. The largest absolute Gasteiger partial charge is 0.496 e. The normalized spacial score (nSPS) is 12.3. The molecule has 4 heteroatoms. The Morgan fingerprint density at radius 3 is 2.37 bits per heavy atom. The highest BCUT2D eigenvalue weighted by Crippen LogP contribution is 2.28. The smallest absolute Gasteiger partial charge is 0.137 e. The number of hydrogen-bond donors (Lipinski definition) is 1.